The van der Waals surface area contributed by atoms with Gasteiger partial charge in [0.15, 0.2) is 5.78 Å². The van der Waals surface area contributed by atoms with E-state index in [2.05, 4.69) is 0 Å². The van der Waals surface area contributed by atoms with Gasteiger partial charge in [0.05, 0.1) is 5.02 Å². The van der Waals surface area contributed by atoms with Gasteiger partial charge in [-0.1, -0.05) is 11.6 Å². The first-order valence-corrected chi connectivity index (χ1v) is 4.40. The van der Waals surface area contributed by atoms with Crippen molar-refractivity contribution in [2.45, 2.75) is 20.3 Å². The van der Waals surface area contributed by atoms with Gasteiger partial charge >= 0.3 is 0 Å². The molecule has 0 fully saturated rings. The fraction of sp³-hybridized carbons (Fsp3) is 0.300. The third kappa shape index (κ3) is 2.10. The van der Waals surface area contributed by atoms with Crippen LogP contribution in [0.1, 0.15) is 34.8 Å². The molecule has 0 aliphatic rings. The Balaban J connectivity index is 3.44. The third-order valence-corrected chi connectivity index (χ3v) is 2.18. The molecule has 0 radical (unpaired) electrons. The Labute approximate surface area is 85.7 Å². The number of benzene rings is 1. The summed E-state index contributed by atoms with van der Waals surface area (Å²) in [6, 6.07) is 2.85. The van der Waals surface area contributed by atoms with Crippen LogP contribution in [0.15, 0.2) is 12.1 Å². The molecule has 1 rings (SSSR count). The average Bonchev–Trinajstić information content (AvgIpc) is 2.01. The summed E-state index contributed by atoms with van der Waals surface area (Å²) in [5.41, 5.74) is 0.333. The summed E-state index contributed by atoms with van der Waals surface area (Å²) >= 11 is 5.64. The van der Waals surface area contributed by atoms with Gasteiger partial charge in [0, 0.05) is 11.1 Å². The van der Waals surface area contributed by atoms with Crippen LogP contribution in [0.25, 0.3) is 0 Å². The molecule has 0 aromatic heterocycles. The Morgan fingerprint density at radius 3 is 2.43 bits per heavy atom. The number of alkyl halides is 2. The van der Waals surface area contributed by atoms with E-state index in [1.54, 1.807) is 6.92 Å². The van der Waals surface area contributed by atoms with Crippen LogP contribution in [-0.4, -0.2) is 5.78 Å². The zero-order valence-corrected chi connectivity index (χ0v) is 8.53. The van der Waals surface area contributed by atoms with E-state index in [1.165, 1.54) is 19.1 Å². The van der Waals surface area contributed by atoms with Crippen molar-refractivity contribution in [3.63, 3.8) is 0 Å². The molecule has 0 unspecified atom stereocenters. The second kappa shape index (κ2) is 4.05. The second-order valence-corrected chi connectivity index (χ2v) is 3.47. The quantitative estimate of drug-likeness (QED) is 0.691. The first kappa shape index (κ1) is 11.1. The van der Waals surface area contributed by atoms with Gasteiger partial charge in [0.1, 0.15) is 0 Å². The van der Waals surface area contributed by atoms with Crippen molar-refractivity contribution >= 4 is 17.4 Å². The summed E-state index contributed by atoms with van der Waals surface area (Å²) in [7, 11) is 0. The van der Waals surface area contributed by atoms with Gasteiger partial charge in [-0.05, 0) is 31.5 Å². The van der Waals surface area contributed by atoms with Crippen molar-refractivity contribution in [3.05, 3.63) is 33.8 Å². The topological polar surface area (TPSA) is 17.1 Å². The lowest BCUT2D eigenvalue weighted by Crippen LogP contribution is -2.01. The van der Waals surface area contributed by atoms with Crippen molar-refractivity contribution in [2.75, 3.05) is 0 Å². The van der Waals surface area contributed by atoms with Crippen molar-refractivity contribution in [1.29, 1.82) is 0 Å². The van der Waals surface area contributed by atoms with E-state index in [9.17, 15) is 13.6 Å². The minimum atomic E-state index is -2.72. The van der Waals surface area contributed by atoms with Crippen molar-refractivity contribution in [3.8, 4) is 0 Å². The SMILES string of the molecule is CC(=O)c1cc(C)cc(Cl)c1C(F)F. The minimum Gasteiger partial charge on any atom is -0.294 e. The Morgan fingerprint density at radius 2 is 2.00 bits per heavy atom. The highest BCUT2D eigenvalue weighted by Gasteiger charge is 2.19. The standard InChI is InChI=1S/C10H9ClF2O/c1-5-3-7(6(2)14)9(10(12)13)8(11)4-5/h3-4,10H,1-2H3. The van der Waals surface area contributed by atoms with Gasteiger partial charge in [-0.2, -0.15) is 0 Å². The number of carbonyl (C=O) groups excluding carboxylic acids is 1. The maximum Gasteiger partial charge on any atom is 0.265 e. The molecule has 76 valence electrons. The molecule has 0 saturated heterocycles. The zero-order valence-electron chi connectivity index (χ0n) is 7.77. The Kier molecular flexibility index (Phi) is 3.21. The van der Waals surface area contributed by atoms with Gasteiger partial charge in [-0.15, -0.1) is 0 Å². The molecular weight excluding hydrogens is 210 g/mol. The van der Waals surface area contributed by atoms with E-state index in [4.69, 9.17) is 11.6 Å². The number of carbonyl (C=O) groups is 1. The van der Waals surface area contributed by atoms with Crippen molar-refractivity contribution < 1.29 is 13.6 Å². The van der Waals surface area contributed by atoms with Crippen LogP contribution in [0.4, 0.5) is 8.78 Å². The monoisotopic (exact) mass is 218 g/mol. The van der Waals surface area contributed by atoms with E-state index in [0.717, 1.165) is 0 Å². The molecule has 1 aromatic carbocycles. The highest BCUT2D eigenvalue weighted by atomic mass is 35.5. The fourth-order valence-electron chi connectivity index (χ4n) is 1.27. The number of rotatable bonds is 2. The number of ketones is 1. The summed E-state index contributed by atoms with van der Waals surface area (Å²) in [6.07, 6.45) is -2.72. The highest BCUT2D eigenvalue weighted by Crippen LogP contribution is 2.31. The molecule has 0 heterocycles. The van der Waals surface area contributed by atoms with Gasteiger partial charge < -0.3 is 0 Å². The van der Waals surface area contributed by atoms with E-state index in [1.807, 2.05) is 0 Å². The lowest BCUT2D eigenvalue weighted by atomic mass is 10.0. The molecular formula is C10H9ClF2O. The van der Waals surface area contributed by atoms with Crippen molar-refractivity contribution in [2.24, 2.45) is 0 Å². The van der Waals surface area contributed by atoms with Crippen LogP contribution < -0.4 is 0 Å². The van der Waals surface area contributed by atoms with Crippen LogP contribution in [0.2, 0.25) is 5.02 Å². The minimum absolute atomic E-state index is 0.00463. The van der Waals surface area contributed by atoms with E-state index in [0.29, 0.717) is 5.56 Å². The summed E-state index contributed by atoms with van der Waals surface area (Å²) in [5.74, 6) is -0.397. The van der Waals surface area contributed by atoms with E-state index >= 15 is 0 Å². The van der Waals surface area contributed by atoms with Gasteiger partial charge in [0.2, 0.25) is 0 Å². The van der Waals surface area contributed by atoms with Gasteiger partial charge in [0.25, 0.3) is 6.43 Å². The molecule has 1 nitrogen and oxygen atoms in total. The fourth-order valence-corrected chi connectivity index (χ4v) is 1.62. The number of halogens is 3. The molecule has 0 bridgehead atoms. The normalized spacial score (nSPS) is 10.7. The molecule has 1 aromatic rings. The van der Waals surface area contributed by atoms with Crippen LogP contribution in [0.3, 0.4) is 0 Å². The van der Waals surface area contributed by atoms with E-state index in [-0.39, 0.29) is 16.1 Å². The Morgan fingerprint density at radius 1 is 1.43 bits per heavy atom. The zero-order chi connectivity index (χ0) is 10.9. The molecule has 0 saturated carbocycles. The summed E-state index contributed by atoms with van der Waals surface area (Å²) in [6.45, 7) is 2.95. The molecule has 14 heavy (non-hydrogen) atoms. The molecule has 0 atom stereocenters. The summed E-state index contributed by atoms with van der Waals surface area (Å²) in [4.78, 5) is 11.1. The van der Waals surface area contributed by atoms with Crippen LogP contribution in [0, 0.1) is 6.92 Å². The van der Waals surface area contributed by atoms with Crippen LogP contribution in [0.5, 0.6) is 0 Å². The maximum atomic E-state index is 12.5. The van der Waals surface area contributed by atoms with Crippen molar-refractivity contribution in [1.82, 2.24) is 0 Å². The third-order valence-electron chi connectivity index (χ3n) is 1.87. The predicted octanol–water partition coefficient (Wildman–Crippen LogP) is 3.79. The van der Waals surface area contributed by atoms with Crippen LogP contribution in [-0.2, 0) is 0 Å². The van der Waals surface area contributed by atoms with Gasteiger partial charge in [-0.25, -0.2) is 8.78 Å². The maximum absolute atomic E-state index is 12.5. The predicted molar refractivity (Wildman–Crippen MR) is 51.2 cm³/mol. The lowest BCUT2D eigenvalue weighted by Gasteiger charge is -2.09. The number of aryl methyl sites for hydroxylation is 1. The summed E-state index contributed by atoms with van der Waals surface area (Å²) in [5, 5.41) is -0.0507. The average molecular weight is 219 g/mol. The smallest absolute Gasteiger partial charge is 0.265 e. The Hall–Kier alpha value is -0.960. The highest BCUT2D eigenvalue weighted by molar-refractivity contribution is 6.32. The first-order chi connectivity index (χ1) is 6.43. The molecule has 0 aliphatic carbocycles. The lowest BCUT2D eigenvalue weighted by molar-refractivity contribution is 0.0999. The largest absolute Gasteiger partial charge is 0.294 e. The summed E-state index contributed by atoms with van der Waals surface area (Å²) < 4.78 is 25.1. The van der Waals surface area contributed by atoms with Crippen LogP contribution >= 0.6 is 11.6 Å². The number of hydrogen-bond acceptors (Lipinski definition) is 1. The molecule has 0 N–H and O–H groups in total. The number of Topliss-reactive ketones (excluding diaryl/α,β-unsaturated/α-hetero) is 1. The van der Waals surface area contributed by atoms with E-state index < -0.39 is 12.2 Å². The molecule has 0 spiro atoms. The number of hydrogen-bond donors (Lipinski definition) is 0. The molecule has 0 aliphatic heterocycles. The second-order valence-electron chi connectivity index (χ2n) is 3.06. The first-order valence-electron chi connectivity index (χ1n) is 4.02. The molecule has 4 heteroatoms. The van der Waals surface area contributed by atoms with Gasteiger partial charge in [-0.3, -0.25) is 4.79 Å². The Bertz CT molecular complexity index is 375. The molecule has 0 amide bonds.